The van der Waals surface area contributed by atoms with E-state index in [2.05, 4.69) is 109 Å². The Kier molecular flexibility index (Phi) is 5.71. The maximum Gasteiger partial charge on any atom is 0.0157 e. The first-order chi connectivity index (χ1) is 13.4. The lowest BCUT2D eigenvalue weighted by Gasteiger charge is -2.13. The van der Waals surface area contributed by atoms with Crippen LogP contribution >= 0.6 is 11.8 Å². The summed E-state index contributed by atoms with van der Waals surface area (Å²) in [5.41, 5.74) is 5.46. The molecule has 1 heteroatoms. The molecule has 0 radical (unpaired) electrons. The predicted molar refractivity (Wildman–Crippen MR) is 116 cm³/mol. The molecule has 0 nitrogen and oxygen atoms in total. The van der Waals surface area contributed by atoms with Gasteiger partial charge in [0, 0.05) is 9.79 Å². The second kappa shape index (κ2) is 8.75. The Morgan fingerprint density at radius 3 is 1.22 bits per heavy atom. The molecule has 0 aliphatic carbocycles. The van der Waals surface area contributed by atoms with Crippen molar-refractivity contribution in [1.82, 2.24) is 0 Å². The van der Waals surface area contributed by atoms with Gasteiger partial charge in [-0.25, -0.2) is 0 Å². The Hall–Kier alpha value is -2.77. The van der Waals surface area contributed by atoms with Crippen molar-refractivity contribution >= 4 is 11.8 Å². The molecular formula is C26H22S. The van der Waals surface area contributed by atoms with Gasteiger partial charge in [-0.3, -0.25) is 0 Å². The van der Waals surface area contributed by atoms with Crippen molar-refractivity contribution in [2.45, 2.75) is 22.6 Å². The molecule has 0 aliphatic rings. The van der Waals surface area contributed by atoms with Crippen molar-refractivity contribution in [3.63, 3.8) is 0 Å². The average Bonchev–Trinajstić information content (AvgIpc) is 2.72. The predicted octanol–water partition coefficient (Wildman–Crippen LogP) is 7.02. The summed E-state index contributed by atoms with van der Waals surface area (Å²) in [6.07, 6.45) is 1.93. The van der Waals surface area contributed by atoms with Crippen LogP contribution in [0.3, 0.4) is 0 Å². The summed E-state index contributed by atoms with van der Waals surface area (Å²) in [5, 5.41) is 0. The highest BCUT2D eigenvalue weighted by Gasteiger charge is 2.09. The third-order valence-corrected chi connectivity index (χ3v) is 5.88. The van der Waals surface area contributed by atoms with Gasteiger partial charge in [0.05, 0.1) is 0 Å². The summed E-state index contributed by atoms with van der Waals surface area (Å²) in [5.74, 6) is 0. The van der Waals surface area contributed by atoms with Crippen LogP contribution in [0.25, 0.3) is 0 Å². The molecule has 0 aliphatic heterocycles. The smallest absolute Gasteiger partial charge is 0.0157 e. The van der Waals surface area contributed by atoms with Crippen LogP contribution in [0.5, 0.6) is 0 Å². The second-order valence-corrected chi connectivity index (χ2v) is 7.73. The molecule has 0 N–H and O–H groups in total. The van der Waals surface area contributed by atoms with Crippen LogP contribution in [0, 0.1) is 0 Å². The standard InChI is InChI=1S/C26H22S/c1-3-11-21(12-4-1)19-23-15-7-9-17-25(23)27-26-18-10-8-16-24(26)20-22-13-5-2-6-14-22/h1-18H,19-20H2. The molecule has 0 bridgehead atoms. The molecule has 0 spiro atoms. The normalized spacial score (nSPS) is 10.7. The van der Waals surface area contributed by atoms with Gasteiger partial charge in [0.25, 0.3) is 0 Å². The third-order valence-electron chi connectivity index (χ3n) is 4.64. The van der Waals surface area contributed by atoms with E-state index in [9.17, 15) is 0 Å². The zero-order valence-corrected chi connectivity index (χ0v) is 16.0. The summed E-state index contributed by atoms with van der Waals surface area (Å²) in [4.78, 5) is 2.67. The third kappa shape index (κ3) is 4.69. The first-order valence-corrected chi connectivity index (χ1v) is 10.1. The molecule has 0 atom stereocenters. The average molecular weight is 367 g/mol. The Morgan fingerprint density at radius 2 is 0.778 bits per heavy atom. The van der Waals surface area contributed by atoms with Crippen LogP contribution < -0.4 is 0 Å². The molecule has 0 aromatic heterocycles. The van der Waals surface area contributed by atoms with Gasteiger partial charge in [0.2, 0.25) is 0 Å². The zero-order valence-electron chi connectivity index (χ0n) is 15.2. The van der Waals surface area contributed by atoms with E-state index in [0.29, 0.717) is 0 Å². The molecule has 0 heterocycles. The van der Waals surface area contributed by atoms with E-state index in [1.54, 1.807) is 0 Å². The highest BCUT2D eigenvalue weighted by atomic mass is 32.2. The Bertz CT molecular complexity index is 908. The quantitative estimate of drug-likeness (QED) is 0.353. The molecule has 27 heavy (non-hydrogen) atoms. The van der Waals surface area contributed by atoms with Crippen LogP contribution in [0.4, 0.5) is 0 Å². The van der Waals surface area contributed by atoms with Gasteiger partial charge in [-0.15, -0.1) is 0 Å². The fourth-order valence-corrected chi connectivity index (χ4v) is 4.32. The van der Waals surface area contributed by atoms with E-state index in [1.807, 2.05) is 11.8 Å². The SMILES string of the molecule is c1ccc(Cc2ccccc2Sc2ccccc2Cc2ccccc2)cc1. The lowest BCUT2D eigenvalue weighted by molar-refractivity contribution is 1.11. The topological polar surface area (TPSA) is 0 Å². The van der Waals surface area contributed by atoms with Crippen LogP contribution in [-0.2, 0) is 12.8 Å². The first kappa shape index (κ1) is 17.6. The number of hydrogen-bond donors (Lipinski definition) is 0. The second-order valence-electron chi connectivity index (χ2n) is 6.64. The lowest BCUT2D eigenvalue weighted by Crippen LogP contribution is -1.93. The zero-order chi connectivity index (χ0) is 18.3. The van der Waals surface area contributed by atoms with E-state index < -0.39 is 0 Å². The van der Waals surface area contributed by atoms with E-state index in [1.165, 1.54) is 32.0 Å². The molecule has 0 fully saturated rings. The van der Waals surface area contributed by atoms with Crippen LogP contribution in [0.15, 0.2) is 119 Å². The van der Waals surface area contributed by atoms with Crippen LogP contribution in [-0.4, -0.2) is 0 Å². The summed E-state index contributed by atoms with van der Waals surface area (Å²) in [6.45, 7) is 0. The number of hydrogen-bond acceptors (Lipinski definition) is 1. The minimum absolute atomic E-state index is 0.963. The molecule has 4 rings (SSSR count). The van der Waals surface area contributed by atoms with Gasteiger partial charge in [-0.1, -0.05) is 109 Å². The summed E-state index contributed by atoms with van der Waals surface area (Å²) in [7, 11) is 0. The monoisotopic (exact) mass is 366 g/mol. The summed E-state index contributed by atoms with van der Waals surface area (Å²) >= 11 is 1.88. The van der Waals surface area contributed by atoms with Crippen molar-refractivity contribution in [2.24, 2.45) is 0 Å². The van der Waals surface area contributed by atoms with Gasteiger partial charge in [-0.05, 0) is 47.2 Å². The van der Waals surface area contributed by atoms with E-state index in [4.69, 9.17) is 0 Å². The summed E-state index contributed by atoms with van der Waals surface area (Å²) < 4.78 is 0. The van der Waals surface area contributed by atoms with Gasteiger partial charge in [0.15, 0.2) is 0 Å². The molecule has 4 aromatic carbocycles. The van der Waals surface area contributed by atoms with Gasteiger partial charge in [0.1, 0.15) is 0 Å². The molecule has 0 saturated heterocycles. The van der Waals surface area contributed by atoms with E-state index in [-0.39, 0.29) is 0 Å². The van der Waals surface area contributed by atoms with Gasteiger partial charge in [-0.2, -0.15) is 0 Å². The highest BCUT2D eigenvalue weighted by Crippen LogP contribution is 2.34. The van der Waals surface area contributed by atoms with E-state index >= 15 is 0 Å². The first-order valence-electron chi connectivity index (χ1n) is 9.30. The molecule has 0 amide bonds. The minimum atomic E-state index is 0.963. The lowest BCUT2D eigenvalue weighted by atomic mass is 10.1. The Balaban J connectivity index is 1.60. The molecule has 0 saturated carbocycles. The summed E-state index contributed by atoms with van der Waals surface area (Å²) in [6, 6.07) is 38.9. The molecule has 132 valence electrons. The fourth-order valence-electron chi connectivity index (χ4n) is 3.25. The van der Waals surface area contributed by atoms with Crippen LogP contribution in [0.1, 0.15) is 22.3 Å². The minimum Gasteiger partial charge on any atom is -0.0895 e. The van der Waals surface area contributed by atoms with Gasteiger partial charge < -0.3 is 0 Å². The van der Waals surface area contributed by atoms with E-state index in [0.717, 1.165) is 12.8 Å². The highest BCUT2D eigenvalue weighted by molar-refractivity contribution is 7.99. The molecular weight excluding hydrogens is 344 g/mol. The van der Waals surface area contributed by atoms with Crippen LogP contribution in [0.2, 0.25) is 0 Å². The van der Waals surface area contributed by atoms with Gasteiger partial charge >= 0.3 is 0 Å². The number of benzene rings is 4. The largest absolute Gasteiger partial charge is 0.0895 e. The van der Waals surface area contributed by atoms with Crippen molar-refractivity contribution in [3.8, 4) is 0 Å². The number of rotatable bonds is 6. The van der Waals surface area contributed by atoms with Crippen molar-refractivity contribution < 1.29 is 0 Å². The maximum atomic E-state index is 2.25. The van der Waals surface area contributed by atoms with Crippen molar-refractivity contribution in [2.75, 3.05) is 0 Å². The Labute approximate surface area is 165 Å². The maximum absolute atomic E-state index is 2.25. The molecule has 0 unspecified atom stereocenters. The van der Waals surface area contributed by atoms with Crippen molar-refractivity contribution in [3.05, 3.63) is 131 Å². The van der Waals surface area contributed by atoms with Crippen molar-refractivity contribution in [1.29, 1.82) is 0 Å². The molecule has 4 aromatic rings. The fraction of sp³-hybridized carbons (Fsp3) is 0.0769. The Morgan fingerprint density at radius 1 is 0.407 bits per heavy atom.